The Balaban J connectivity index is 2.45. The fourth-order valence-electron chi connectivity index (χ4n) is 1.06. The van der Waals surface area contributed by atoms with Crippen LogP contribution in [0.25, 0.3) is 0 Å². The van der Waals surface area contributed by atoms with Crippen LogP contribution in [0.5, 0.6) is 0 Å². The third kappa shape index (κ3) is 4.58. The van der Waals surface area contributed by atoms with Gasteiger partial charge in [-0.05, 0) is 32.9 Å². The van der Waals surface area contributed by atoms with Gasteiger partial charge in [0.25, 0.3) is 0 Å². The zero-order valence-electron chi connectivity index (χ0n) is 9.94. The summed E-state index contributed by atoms with van der Waals surface area (Å²) in [4.78, 5) is 21.8. The Bertz CT molecular complexity index is 416. The van der Waals surface area contributed by atoms with Crippen LogP contribution in [0, 0.1) is 0 Å². The maximum atomic E-state index is 11.3. The molecule has 2 N–H and O–H groups in total. The van der Waals surface area contributed by atoms with E-state index in [2.05, 4.69) is 5.32 Å². The van der Waals surface area contributed by atoms with Crippen molar-refractivity contribution in [3.63, 3.8) is 0 Å². The van der Waals surface area contributed by atoms with Crippen molar-refractivity contribution in [2.45, 2.75) is 32.9 Å². The van der Waals surface area contributed by atoms with Gasteiger partial charge in [0, 0.05) is 0 Å². The number of nitrogens with one attached hydrogen (secondary N) is 1. The number of alkyl carbamates (subject to hydrolysis) is 1. The summed E-state index contributed by atoms with van der Waals surface area (Å²) in [5.41, 5.74) is -0.570. The Labute approximate surface area is 98.6 Å². The summed E-state index contributed by atoms with van der Waals surface area (Å²) in [5.74, 6) is -0.951. The molecule has 1 aromatic heterocycles. The van der Waals surface area contributed by atoms with Crippen molar-refractivity contribution in [1.82, 2.24) is 5.32 Å². The minimum absolute atomic E-state index is 0.0855. The number of carboxylic acids is 1. The van der Waals surface area contributed by atoms with Gasteiger partial charge in [-0.2, -0.15) is 0 Å². The fourth-order valence-corrected chi connectivity index (χ4v) is 1.06. The summed E-state index contributed by atoms with van der Waals surface area (Å²) in [6.07, 6.45) is -0.578. The lowest BCUT2D eigenvalue weighted by Gasteiger charge is -2.19. The quantitative estimate of drug-likeness (QED) is 0.844. The number of carbonyl (C=O) groups is 2. The van der Waals surface area contributed by atoms with E-state index in [1.54, 1.807) is 20.8 Å². The molecule has 94 valence electrons. The van der Waals surface area contributed by atoms with Gasteiger partial charge in [-0.3, -0.25) is 0 Å². The van der Waals surface area contributed by atoms with Crippen molar-refractivity contribution in [2.24, 2.45) is 0 Å². The van der Waals surface area contributed by atoms with Gasteiger partial charge in [0.2, 0.25) is 5.76 Å². The van der Waals surface area contributed by atoms with E-state index >= 15 is 0 Å². The first kappa shape index (κ1) is 13.1. The van der Waals surface area contributed by atoms with Gasteiger partial charge in [0.05, 0.1) is 6.54 Å². The Morgan fingerprint density at radius 2 is 2.06 bits per heavy atom. The van der Waals surface area contributed by atoms with Gasteiger partial charge in [-0.1, -0.05) is 0 Å². The van der Waals surface area contributed by atoms with E-state index in [0.29, 0.717) is 5.76 Å². The van der Waals surface area contributed by atoms with E-state index in [4.69, 9.17) is 14.3 Å². The first-order chi connectivity index (χ1) is 7.78. The van der Waals surface area contributed by atoms with Crippen LogP contribution in [-0.4, -0.2) is 22.8 Å². The number of carboxylic acid groups (broad SMARTS) is 1. The molecular weight excluding hydrogens is 226 g/mol. The van der Waals surface area contributed by atoms with E-state index in [1.165, 1.54) is 12.1 Å². The monoisotopic (exact) mass is 241 g/mol. The highest BCUT2D eigenvalue weighted by molar-refractivity contribution is 5.84. The van der Waals surface area contributed by atoms with Gasteiger partial charge < -0.3 is 19.6 Å². The molecule has 0 spiro atoms. The largest absolute Gasteiger partial charge is 0.475 e. The highest BCUT2D eigenvalue weighted by Gasteiger charge is 2.16. The number of hydrogen-bond acceptors (Lipinski definition) is 4. The number of ether oxygens (including phenoxy) is 1. The van der Waals surface area contributed by atoms with Crippen LogP contribution in [-0.2, 0) is 11.3 Å². The predicted octanol–water partition coefficient (Wildman–Crippen LogP) is 2.00. The van der Waals surface area contributed by atoms with Crippen molar-refractivity contribution >= 4 is 12.1 Å². The Morgan fingerprint density at radius 3 is 2.53 bits per heavy atom. The molecule has 6 nitrogen and oxygen atoms in total. The van der Waals surface area contributed by atoms with Crippen LogP contribution in [0.15, 0.2) is 16.5 Å². The molecule has 17 heavy (non-hydrogen) atoms. The summed E-state index contributed by atoms with van der Waals surface area (Å²) in [6, 6.07) is 2.81. The first-order valence-electron chi connectivity index (χ1n) is 5.07. The number of amides is 1. The van der Waals surface area contributed by atoms with Crippen molar-refractivity contribution in [3.05, 3.63) is 23.7 Å². The fraction of sp³-hybridized carbons (Fsp3) is 0.455. The first-order valence-corrected chi connectivity index (χ1v) is 5.07. The molecule has 0 aliphatic carbocycles. The third-order valence-corrected chi connectivity index (χ3v) is 1.68. The summed E-state index contributed by atoms with van der Waals surface area (Å²) in [6.45, 7) is 5.34. The molecule has 1 aromatic rings. The van der Waals surface area contributed by atoms with Crippen LogP contribution in [0.3, 0.4) is 0 Å². The molecule has 0 aliphatic heterocycles. The molecule has 0 atom stereocenters. The van der Waals surface area contributed by atoms with Gasteiger partial charge >= 0.3 is 12.1 Å². The zero-order chi connectivity index (χ0) is 13.1. The Hall–Kier alpha value is -1.98. The predicted molar refractivity (Wildman–Crippen MR) is 58.7 cm³/mol. The molecule has 6 heteroatoms. The topological polar surface area (TPSA) is 88.8 Å². The molecule has 1 rings (SSSR count). The van der Waals surface area contributed by atoms with E-state index in [0.717, 1.165) is 0 Å². The molecule has 0 radical (unpaired) electrons. The lowest BCUT2D eigenvalue weighted by atomic mass is 10.2. The standard InChI is InChI=1S/C11H15NO5/c1-11(2,3)17-10(15)12-6-7-4-5-8(16-7)9(13)14/h4-5H,6H2,1-3H3,(H,12,15)(H,13,14). The second-order valence-electron chi connectivity index (χ2n) is 4.43. The van der Waals surface area contributed by atoms with Crippen LogP contribution < -0.4 is 5.32 Å². The van der Waals surface area contributed by atoms with Crippen LogP contribution in [0.4, 0.5) is 4.79 Å². The summed E-state index contributed by atoms with van der Waals surface area (Å²) in [5, 5.41) is 11.1. The Kier molecular flexibility index (Phi) is 3.77. The molecular formula is C11H15NO5. The van der Waals surface area contributed by atoms with Crippen molar-refractivity contribution in [3.8, 4) is 0 Å². The number of hydrogen-bond donors (Lipinski definition) is 2. The number of furan rings is 1. The molecule has 1 amide bonds. The van der Waals surface area contributed by atoms with Crippen LogP contribution in [0.1, 0.15) is 37.1 Å². The number of aromatic carboxylic acids is 1. The molecule has 0 saturated carbocycles. The molecule has 0 aliphatic rings. The molecule has 0 saturated heterocycles. The van der Waals surface area contributed by atoms with Crippen molar-refractivity contribution in [2.75, 3.05) is 0 Å². The Morgan fingerprint density at radius 1 is 1.41 bits per heavy atom. The number of rotatable bonds is 3. The van der Waals surface area contributed by atoms with Gasteiger partial charge in [0.1, 0.15) is 11.4 Å². The van der Waals surface area contributed by atoms with E-state index in [1.807, 2.05) is 0 Å². The van der Waals surface area contributed by atoms with Crippen LogP contribution in [0.2, 0.25) is 0 Å². The summed E-state index contributed by atoms with van der Waals surface area (Å²) in [7, 11) is 0. The molecule has 0 bridgehead atoms. The average molecular weight is 241 g/mol. The molecule has 0 fully saturated rings. The van der Waals surface area contributed by atoms with Gasteiger partial charge in [-0.25, -0.2) is 9.59 Å². The zero-order valence-corrected chi connectivity index (χ0v) is 9.94. The van der Waals surface area contributed by atoms with E-state index in [9.17, 15) is 9.59 Å². The lowest BCUT2D eigenvalue weighted by molar-refractivity contribution is 0.0520. The maximum Gasteiger partial charge on any atom is 0.408 e. The normalized spacial score (nSPS) is 11.0. The number of carbonyl (C=O) groups excluding carboxylic acids is 1. The van der Waals surface area contributed by atoms with Gasteiger partial charge in [0.15, 0.2) is 0 Å². The minimum atomic E-state index is -1.14. The highest BCUT2D eigenvalue weighted by Crippen LogP contribution is 2.09. The van der Waals surface area contributed by atoms with Gasteiger partial charge in [-0.15, -0.1) is 0 Å². The second-order valence-corrected chi connectivity index (χ2v) is 4.43. The molecule has 1 heterocycles. The van der Waals surface area contributed by atoms with Crippen LogP contribution >= 0.6 is 0 Å². The maximum absolute atomic E-state index is 11.3. The smallest absolute Gasteiger partial charge is 0.408 e. The summed E-state index contributed by atoms with van der Waals surface area (Å²) >= 11 is 0. The average Bonchev–Trinajstić information content (AvgIpc) is 2.60. The van der Waals surface area contributed by atoms with E-state index in [-0.39, 0.29) is 12.3 Å². The second kappa shape index (κ2) is 4.90. The molecule has 0 aromatic carbocycles. The van der Waals surface area contributed by atoms with E-state index < -0.39 is 17.7 Å². The van der Waals surface area contributed by atoms with Crippen molar-refractivity contribution in [1.29, 1.82) is 0 Å². The lowest BCUT2D eigenvalue weighted by Crippen LogP contribution is -2.32. The van der Waals surface area contributed by atoms with Crippen molar-refractivity contribution < 1.29 is 23.8 Å². The highest BCUT2D eigenvalue weighted by atomic mass is 16.6. The molecule has 0 unspecified atom stereocenters. The summed E-state index contributed by atoms with van der Waals surface area (Å²) < 4.78 is 9.96. The minimum Gasteiger partial charge on any atom is -0.475 e. The SMILES string of the molecule is CC(C)(C)OC(=O)NCc1ccc(C(=O)O)o1. The third-order valence-electron chi connectivity index (χ3n) is 1.68.